The van der Waals surface area contributed by atoms with Gasteiger partial charge in [-0.2, -0.15) is 0 Å². The van der Waals surface area contributed by atoms with E-state index in [4.69, 9.17) is 15.0 Å². The molecule has 0 saturated carbocycles. The Hall–Kier alpha value is -8.19. The molecule has 4 heterocycles. The lowest BCUT2D eigenvalue weighted by Crippen LogP contribution is -2.00. The van der Waals surface area contributed by atoms with E-state index >= 15 is 0 Å². The first kappa shape index (κ1) is 35.6. The van der Waals surface area contributed by atoms with Gasteiger partial charge in [-0.1, -0.05) is 176 Å². The first-order chi connectivity index (χ1) is 31.2. The van der Waals surface area contributed by atoms with Gasteiger partial charge in [0.2, 0.25) is 0 Å². The van der Waals surface area contributed by atoms with Crippen LogP contribution in [-0.4, -0.2) is 24.1 Å². The molecule has 5 nitrogen and oxygen atoms in total. The van der Waals surface area contributed by atoms with Crippen LogP contribution in [0.25, 0.3) is 120 Å². The number of hydrogen-bond donors (Lipinski definition) is 0. The van der Waals surface area contributed by atoms with E-state index in [1.54, 1.807) is 0 Å². The number of para-hydroxylation sites is 3. The van der Waals surface area contributed by atoms with Gasteiger partial charge in [0.05, 0.1) is 32.5 Å². The monoisotopic (exact) mass is 821 g/mol. The van der Waals surface area contributed by atoms with Gasteiger partial charge in [-0.15, -0.1) is 11.3 Å². The zero-order chi connectivity index (χ0) is 41.4. The Balaban J connectivity index is 1.07. The summed E-state index contributed by atoms with van der Waals surface area (Å²) in [7, 11) is 0. The molecule has 0 amide bonds. The summed E-state index contributed by atoms with van der Waals surface area (Å²) < 4.78 is 7.41. The maximum Gasteiger partial charge on any atom is 0.164 e. The average molecular weight is 822 g/mol. The van der Waals surface area contributed by atoms with Crippen LogP contribution in [0.1, 0.15) is 0 Å². The number of nitrogens with zero attached hydrogens (tertiary/aromatic N) is 5. The smallest absolute Gasteiger partial charge is 0.164 e. The van der Waals surface area contributed by atoms with Crippen LogP contribution in [0.2, 0.25) is 0 Å². The Morgan fingerprint density at radius 2 is 0.841 bits per heavy atom. The molecule has 13 aromatic rings. The minimum Gasteiger partial charge on any atom is -0.307 e. The Bertz CT molecular complexity index is 3830. The SMILES string of the molecule is c1ccc(-c2ccc3c4ccccc4n(-c4cccc5c6ccc7c8ccc(-c9nc(-c%10ccccc%10)nc(-c%10ccccc%10)n9)cc8sc7c6n(-c6ccccc6)c45)c3c2)cc1. The van der Waals surface area contributed by atoms with Crippen molar-refractivity contribution in [1.29, 1.82) is 0 Å². The van der Waals surface area contributed by atoms with Crippen molar-refractivity contribution < 1.29 is 0 Å². The number of thiophene rings is 1. The van der Waals surface area contributed by atoms with Crippen molar-refractivity contribution in [3.05, 3.63) is 212 Å². The van der Waals surface area contributed by atoms with Crippen molar-refractivity contribution in [1.82, 2.24) is 24.1 Å². The average Bonchev–Trinajstić information content (AvgIpc) is 4.02. The summed E-state index contributed by atoms with van der Waals surface area (Å²) in [6, 6.07) is 75.6. The van der Waals surface area contributed by atoms with Crippen LogP contribution in [0, 0.1) is 0 Å². The Labute approximate surface area is 366 Å². The minimum absolute atomic E-state index is 0.650. The summed E-state index contributed by atoms with van der Waals surface area (Å²) >= 11 is 1.83. The maximum atomic E-state index is 5.07. The molecule has 9 aromatic carbocycles. The second-order valence-electron chi connectivity index (χ2n) is 16.0. The highest BCUT2D eigenvalue weighted by Gasteiger charge is 2.23. The summed E-state index contributed by atoms with van der Waals surface area (Å²) in [5.41, 5.74) is 12.2. The van der Waals surface area contributed by atoms with Crippen LogP contribution in [0.4, 0.5) is 0 Å². The highest BCUT2D eigenvalue weighted by Crippen LogP contribution is 2.46. The predicted octanol–water partition coefficient (Wildman–Crippen LogP) is 15.1. The third-order valence-corrected chi connectivity index (χ3v) is 13.5. The van der Waals surface area contributed by atoms with Crippen molar-refractivity contribution in [2.45, 2.75) is 0 Å². The zero-order valence-corrected chi connectivity index (χ0v) is 34.7. The van der Waals surface area contributed by atoms with E-state index in [0.717, 1.165) is 28.1 Å². The van der Waals surface area contributed by atoms with Gasteiger partial charge in [-0.3, -0.25) is 0 Å². The molecule has 13 rings (SSSR count). The zero-order valence-electron chi connectivity index (χ0n) is 33.9. The fourth-order valence-electron chi connectivity index (χ4n) is 9.49. The first-order valence-corrected chi connectivity index (χ1v) is 22.0. The second kappa shape index (κ2) is 14.2. The van der Waals surface area contributed by atoms with Crippen molar-refractivity contribution in [3.63, 3.8) is 0 Å². The summed E-state index contributed by atoms with van der Waals surface area (Å²) in [5, 5.41) is 7.34. The van der Waals surface area contributed by atoms with Crippen molar-refractivity contribution in [2.24, 2.45) is 0 Å². The van der Waals surface area contributed by atoms with E-state index in [2.05, 4.69) is 185 Å². The molecule has 0 N–H and O–H groups in total. The molecule has 294 valence electrons. The lowest BCUT2D eigenvalue weighted by molar-refractivity contribution is 1.07. The summed E-state index contributed by atoms with van der Waals surface area (Å²) in [4.78, 5) is 15.1. The highest BCUT2D eigenvalue weighted by molar-refractivity contribution is 7.26. The topological polar surface area (TPSA) is 48.5 Å². The van der Waals surface area contributed by atoms with Gasteiger partial charge in [-0.05, 0) is 47.5 Å². The van der Waals surface area contributed by atoms with Gasteiger partial charge < -0.3 is 9.13 Å². The highest BCUT2D eigenvalue weighted by atomic mass is 32.1. The molecule has 0 atom stereocenters. The molecule has 0 radical (unpaired) electrons. The van der Waals surface area contributed by atoms with E-state index in [0.29, 0.717) is 17.5 Å². The van der Waals surface area contributed by atoms with E-state index in [-0.39, 0.29) is 0 Å². The van der Waals surface area contributed by atoms with Crippen molar-refractivity contribution in [2.75, 3.05) is 0 Å². The number of fused-ring (bicyclic) bond motifs is 10. The Morgan fingerprint density at radius 1 is 0.317 bits per heavy atom. The molecule has 0 fully saturated rings. The third-order valence-electron chi connectivity index (χ3n) is 12.4. The number of rotatable bonds is 6. The van der Waals surface area contributed by atoms with Crippen LogP contribution < -0.4 is 0 Å². The second-order valence-corrected chi connectivity index (χ2v) is 17.0. The van der Waals surface area contributed by atoms with Gasteiger partial charge in [-0.25, -0.2) is 15.0 Å². The maximum absolute atomic E-state index is 5.07. The fourth-order valence-corrected chi connectivity index (χ4v) is 10.8. The molecule has 63 heavy (non-hydrogen) atoms. The quantitative estimate of drug-likeness (QED) is 0.168. The van der Waals surface area contributed by atoms with Crippen LogP contribution >= 0.6 is 11.3 Å². The molecule has 0 bridgehead atoms. The molecule has 0 spiro atoms. The normalized spacial score (nSPS) is 11.8. The summed E-state index contributed by atoms with van der Waals surface area (Å²) in [6.45, 7) is 0. The van der Waals surface area contributed by atoms with Gasteiger partial charge >= 0.3 is 0 Å². The van der Waals surface area contributed by atoms with E-state index in [1.807, 2.05) is 47.7 Å². The van der Waals surface area contributed by atoms with Gasteiger partial charge in [0.25, 0.3) is 0 Å². The predicted molar refractivity (Wildman–Crippen MR) is 263 cm³/mol. The molecule has 0 aliphatic rings. The fraction of sp³-hybridized carbons (Fsp3) is 0. The summed E-state index contributed by atoms with van der Waals surface area (Å²) in [5.74, 6) is 1.96. The van der Waals surface area contributed by atoms with Crippen LogP contribution in [0.5, 0.6) is 0 Å². The van der Waals surface area contributed by atoms with Gasteiger partial charge in [0.15, 0.2) is 17.5 Å². The molecule has 4 aromatic heterocycles. The Kier molecular flexibility index (Phi) is 8.01. The van der Waals surface area contributed by atoms with E-state index in [9.17, 15) is 0 Å². The molecule has 0 aliphatic carbocycles. The Morgan fingerprint density at radius 3 is 1.56 bits per heavy atom. The van der Waals surface area contributed by atoms with Crippen molar-refractivity contribution >= 4 is 75.1 Å². The minimum atomic E-state index is 0.650. The van der Waals surface area contributed by atoms with Crippen LogP contribution in [0.15, 0.2) is 212 Å². The molecule has 6 heteroatoms. The first-order valence-electron chi connectivity index (χ1n) is 21.2. The molecule has 0 unspecified atom stereocenters. The lowest BCUT2D eigenvalue weighted by Gasteiger charge is -2.15. The molecule has 0 saturated heterocycles. The van der Waals surface area contributed by atoms with Crippen molar-refractivity contribution in [3.8, 4) is 56.7 Å². The van der Waals surface area contributed by atoms with Gasteiger partial charge in [0, 0.05) is 59.4 Å². The third kappa shape index (κ3) is 5.66. The van der Waals surface area contributed by atoms with Gasteiger partial charge in [0.1, 0.15) is 0 Å². The van der Waals surface area contributed by atoms with E-state index < -0.39 is 0 Å². The van der Waals surface area contributed by atoms with Crippen LogP contribution in [-0.2, 0) is 0 Å². The number of benzene rings is 9. The summed E-state index contributed by atoms with van der Waals surface area (Å²) in [6.07, 6.45) is 0. The number of aromatic nitrogens is 5. The largest absolute Gasteiger partial charge is 0.307 e. The molecule has 0 aliphatic heterocycles. The molecular weight excluding hydrogens is 787 g/mol. The van der Waals surface area contributed by atoms with Crippen LogP contribution in [0.3, 0.4) is 0 Å². The van der Waals surface area contributed by atoms with E-state index in [1.165, 1.54) is 74.9 Å². The molecular formula is C57H35N5S. The standard InChI is InChI=1S/C57H35N5S/c1-5-16-36(17-6-1)39-28-30-43-42-24-13-14-26-48(42)62(50(43)34-39)49-27-15-25-45-46-32-33-47-44-31-29-40(35-51(44)63-54(47)53(46)61(52(45)49)41-22-11-4-12-23-41)57-59-55(37-18-7-2-8-19-37)58-56(60-57)38-20-9-3-10-21-38/h1-35H. The lowest BCUT2D eigenvalue weighted by atomic mass is 10.0. The number of hydrogen-bond acceptors (Lipinski definition) is 4.